The second kappa shape index (κ2) is 7.37. The van der Waals surface area contributed by atoms with Crippen LogP contribution in [0.5, 0.6) is 5.75 Å². The third kappa shape index (κ3) is 3.99. The number of aromatic nitrogens is 2. The quantitative estimate of drug-likeness (QED) is 0.890. The summed E-state index contributed by atoms with van der Waals surface area (Å²) in [5.41, 5.74) is 0.407. The minimum Gasteiger partial charge on any atom is -0.488 e. The van der Waals surface area contributed by atoms with Crippen LogP contribution >= 0.6 is 0 Å². The lowest BCUT2D eigenvalue weighted by Crippen LogP contribution is -2.51. The topological polar surface area (TPSA) is 73.3 Å². The Morgan fingerprint density at radius 3 is 2.77 bits per heavy atom. The molecule has 6 nitrogen and oxygen atoms in total. The summed E-state index contributed by atoms with van der Waals surface area (Å²) >= 11 is 0. The Labute approximate surface area is 150 Å². The molecule has 0 spiro atoms. The molecule has 0 radical (unpaired) electrons. The molecule has 1 aliphatic carbocycles. The average molecular weight is 357 g/mol. The highest BCUT2D eigenvalue weighted by Crippen LogP contribution is 2.37. The Balaban J connectivity index is 1.41. The molecule has 1 aliphatic heterocycles. The molecule has 1 amide bonds. The molecular formula is C19H20FN3O3. The Morgan fingerprint density at radius 2 is 2.04 bits per heavy atom. The van der Waals surface area contributed by atoms with Gasteiger partial charge in [0.1, 0.15) is 23.5 Å². The first-order chi connectivity index (χ1) is 12.7. The number of halogens is 1. The number of amides is 1. The lowest BCUT2D eigenvalue weighted by Gasteiger charge is -2.32. The van der Waals surface area contributed by atoms with Crippen molar-refractivity contribution in [3.8, 4) is 5.75 Å². The number of nitrogens with one attached hydrogen (secondary N) is 1. The van der Waals surface area contributed by atoms with Crippen molar-refractivity contribution in [2.75, 3.05) is 13.2 Å². The zero-order valence-corrected chi connectivity index (χ0v) is 14.2. The molecule has 0 bridgehead atoms. The maximum absolute atomic E-state index is 13.4. The highest BCUT2D eigenvalue weighted by Gasteiger charge is 2.30. The van der Waals surface area contributed by atoms with Crippen molar-refractivity contribution >= 4 is 5.91 Å². The van der Waals surface area contributed by atoms with Gasteiger partial charge in [-0.15, -0.1) is 0 Å². The van der Waals surface area contributed by atoms with Crippen LogP contribution in [0.15, 0.2) is 36.7 Å². The van der Waals surface area contributed by atoms with Gasteiger partial charge in [-0.25, -0.2) is 14.4 Å². The fraction of sp³-hybridized carbons (Fsp3) is 0.421. The molecule has 2 aromatic rings. The molecule has 1 aromatic carbocycles. The van der Waals surface area contributed by atoms with Crippen LogP contribution in [0, 0.1) is 5.82 Å². The minimum atomic E-state index is -0.358. The molecule has 1 N–H and O–H groups in total. The van der Waals surface area contributed by atoms with E-state index in [4.69, 9.17) is 9.47 Å². The molecule has 1 saturated heterocycles. The van der Waals surface area contributed by atoms with Gasteiger partial charge in [0.2, 0.25) is 0 Å². The van der Waals surface area contributed by atoms with E-state index in [0.29, 0.717) is 36.9 Å². The number of ether oxygens (including phenoxy) is 2. The van der Waals surface area contributed by atoms with E-state index in [-0.39, 0.29) is 23.9 Å². The predicted octanol–water partition coefficient (Wildman–Crippen LogP) is 2.46. The second-order valence-corrected chi connectivity index (χ2v) is 6.66. The van der Waals surface area contributed by atoms with Crippen LogP contribution in [0.1, 0.15) is 41.4 Å². The molecule has 1 saturated carbocycles. The number of hydrogen-bond acceptors (Lipinski definition) is 5. The van der Waals surface area contributed by atoms with Gasteiger partial charge in [0.25, 0.3) is 5.91 Å². The number of carbonyl (C=O) groups excluding carboxylic acids is 1. The van der Waals surface area contributed by atoms with Crippen LogP contribution in [0.3, 0.4) is 0 Å². The molecule has 4 rings (SSSR count). The summed E-state index contributed by atoms with van der Waals surface area (Å²) in [6, 6.07) is 5.65. The third-order valence-electron chi connectivity index (χ3n) is 4.57. The van der Waals surface area contributed by atoms with Gasteiger partial charge in [-0.3, -0.25) is 4.79 Å². The van der Waals surface area contributed by atoms with Crippen molar-refractivity contribution in [1.29, 1.82) is 0 Å². The molecule has 26 heavy (non-hydrogen) atoms. The minimum absolute atomic E-state index is 0.268. The van der Waals surface area contributed by atoms with E-state index in [0.717, 1.165) is 18.7 Å². The van der Waals surface area contributed by atoms with Crippen LogP contribution in [-0.4, -0.2) is 41.2 Å². The molecule has 1 aromatic heterocycles. The zero-order valence-electron chi connectivity index (χ0n) is 14.2. The van der Waals surface area contributed by atoms with Gasteiger partial charge >= 0.3 is 0 Å². The molecule has 2 atom stereocenters. The van der Waals surface area contributed by atoms with Crippen molar-refractivity contribution in [3.05, 3.63) is 53.9 Å². The molecule has 136 valence electrons. The number of rotatable bonds is 5. The van der Waals surface area contributed by atoms with Gasteiger partial charge in [-0.2, -0.15) is 0 Å². The van der Waals surface area contributed by atoms with E-state index in [9.17, 15) is 9.18 Å². The van der Waals surface area contributed by atoms with Crippen LogP contribution < -0.4 is 10.1 Å². The monoisotopic (exact) mass is 357 g/mol. The number of nitrogens with zero attached hydrogens (tertiary/aromatic N) is 2. The number of benzene rings is 1. The summed E-state index contributed by atoms with van der Waals surface area (Å²) < 4.78 is 24.7. The van der Waals surface area contributed by atoms with Crippen molar-refractivity contribution < 1.29 is 18.7 Å². The summed E-state index contributed by atoms with van der Waals surface area (Å²) in [5, 5.41) is 2.92. The highest BCUT2D eigenvalue weighted by molar-refractivity contribution is 5.93. The van der Waals surface area contributed by atoms with Crippen LogP contribution in [0.4, 0.5) is 4.39 Å². The van der Waals surface area contributed by atoms with Crippen molar-refractivity contribution in [1.82, 2.24) is 15.3 Å². The van der Waals surface area contributed by atoms with Gasteiger partial charge in [-0.1, -0.05) is 6.07 Å². The highest BCUT2D eigenvalue weighted by atomic mass is 19.1. The van der Waals surface area contributed by atoms with E-state index in [1.54, 1.807) is 24.5 Å². The smallest absolute Gasteiger partial charge is 0.254 e. The maximum Gasteiger partial charge on any atom is 0.254 e. The average Bonchev–Trinajstić information content (AvgIpc) is 3.49. The number of carbonyl (C=O) groups is 1. The lowest BCUT2D eigenvalue weighted by atomic mass is 10.1. The summed E-state index contributed by atoms with van der Waals surface area (Å²) in [5.74, 6) is 1.06. The molecule has 2 aliphatic rings. The van der Waals surface area contributed by atoms with Crippen molar-refractivity contribution in [2.24, 2.45) is 0 Å². The Kier molecular flexibility index (Phi) is 4.79. The largest absolute Gasteiger partial charge is 0.488 e. The maximum atomic E-state index is 13.4. The Morgan fingerprint density at radius 1 is 1.23 bits per heavy atom. The fourth-order valence-corrected chi connectivity index (χ4v) is 2.97. The van der Waals surface area contributed by atoms with E-state index >= 15 is 0 Å². The normalized spacial score (nSPS) is 22.7. The fourth-order valence-electron chi connectivity index (χ4n) is 2.97. The van der Waals surface area contributed by atoms with Gasteiger partial charge < -0.3 is 14.8 Å². The van der Waals surface area contributed by atoms with E-state index in [1.807, 2.05) is 0 Å². The molecule has 0 unspecified atom stereocenters. The van der Waals surface area contributed by atoms with Crippen LogP contribution in [-0.2, 0) is 4.74 Å². The zero-order chi connectivity index (χ0) is 17.9. The molecular weight excluding hydrogens is 337 g/mol. The summed E-state index contributed by atoms with van der Waals surface area (Å²) in [4.78, 5) is 21.1. The Bertz CT molecular complexity index is 780. The molecule has 7 heteroatoms. The van der Waals surface area contributed by atoms with Gasteiger partial charge in [-0.05, 0) is 25.0 Å². The second-order valence-electron chi connectivity index (χ2n) is 6.66. The van der Waals surface area contributed by atoms with Gasteiger partial charge in [0, 0.05) is 30.8 Å². The van der Waals surface area contributed by atoms with Gasteiger partial charge in [0.15, 0.2) is 0 Å². The van der Waals surface area contributed by atoms with E-state index in [2.05, 4.69) is 15.3 Å². The van der Waals surface area contributed by atoms with Gasteiger partial charge in [0.05, 0.1) is 24.8 Å². The van der Waals surface area contributed by atoms with Crippen molar-refractivity contribution in [2.45, 2.75) is 37.3 Å². The third-order valence-corrected chi connectivity index (χ3v) is 4.57. The molecule has 2 fully saturated rings. The van der Waals surface area contributed by atoms with Crippen LogP contribution in [0.2, 0.25) is 0 Å². The summed E-state index contributed by atoms with van der Waals surface area (Å²) in [6.45, 7) is 0.873. The summed E-state index contributed by atoms with van der Waals surface area (Å²) in [6.07, 6.45) is 5.66. The van der Waals surface area contributed by atoms with Crippen LogP contribution in [0.25, 0.3) is 0 Å². The standard InChI is InChI=1S/C19H20FN3O3/c20-14-2-1-3-15(8-14)26-17-6-7-25-11-16(17)23-19(24)13-9-21-18(22-10-13)12-4-5-12/h1-3,8-10,12,16-17H,4-7,11H2,(H,23,24)/t16-,17+/m1/s1. The predicted molar refractivity (Wildman–Crippen MR) is 91.5 cm³/mol. The first-order valence-corrected chi connectivity index (χ1v) is 8.82. The number of hydrogen-bond donors (Lipinski definition) is 1. The lowest BCUT2D eigenvalue weighted by molar-refractivity contribution is -0.00298. The SMILES string of the molecule is O=C(N[C@@H]1COCC[C@@H]1Oc1cccc(F)c1)c1cnc(C2CC2)nc1. The Hall–Kier alpha value is -2.54. The summed E-state index contributed by atoms with van der Waals surface area (Å²) in [7, 11) is 0. The van der Waals surface area contributed by atoms with Crippen molar-refractivity contribution in [3.63, 3.8) is 0 Å². The molecule has 2 heterocycles. The van der Waals surface area contributed by atoms with E-state index < -0.39 is 0 Å². The first-order valence-electron chi connectivity index (χ1n) is 8.82. The first kappa shape index (κ1) is 16.9. The van der Waals surface area contributed by atoms with E-state index in [1.165, 1.54) is 12.1 Å².